The quantitative estimate of drug-likeness (QED) is 0.418. The Morgan fingerprint density at radius 1 is 0.968 bits per heavy atom. The lowest BCUT2D eigenvalue weighted by Gasteiger charge is -2.13. The van der Waals surface area contributed by atoms with E-state index >= 15 is 0 Å². The van der Waals surface area contributed by atoms with E-state index in [1.165, 1.54) is 19.2 Å². The number of methoxy groups -OCH3 is 1. The van der Waals surface area contributed by atoms with Crippen molar-refractivity contribution in [3.63, 3.8) is 0 Å². The largest absolute Gasteiger partial charge is 0.497 e. The highest BCUT2D eigenvalue weighted by Gasteiger charge is 2.34. The maximum atomic E-state index is 12.3. The number of imide groups is 1. The molecule has 0 spiro atoms. The fourth-order valence-corrected chi connectivity index (χ4v) is 4.19. The van der Waals surface area contributed by atoms with Gasteiger partial charge in [-0.3, -0.25) is 19.3 Å². The van der Waals surface area contributed by atoms with Crippen LogP contribution in [0.5, 0.6) is 5.75 Å². The van der Waals surface area contributed by atoms with E-state index in [1.54, 1.807) is 36.4 Å². The average molecular weight is 445 g/mol. The smallest absolute Gasteiger partial charge is 0.261 e. The second-order valence-corrected chi connectivity index (χ2v) is 8.60. The summed E-state index contributed by atoms with van der Waals surface area (Å²) in [7, 11) is -2.20. The summed E-state index contributed by atoms with van der Waals surface area (Å²) in [6, 6.07) is 12.6. The number of rotatable bonds is 10. The van der Waals surface area contributed by atoms with Crippen molar-refractivity contribution in [3.8, 4) is 5.75 Å². The van der Waals surface area contributed by atoms with E-state index in [2.05, 4.69) is 10.0 Å². The van der Waals surface area contributed by atoms with E-state index in [4.69, 9.17) is 4.74 Å². The molecule has 2 aromatic carbocycles. The summed E-state index contributed by atoms with van der Waals surface area (Å²) in [6.45, 7) is 0.281. The molecule has 0 saturated carbocycles. The van der Waals surface area contributed by atoms with E-state index in [-0.39, 0.29) is 48.7 Å². The van der Waals surface area contributed by atoms with Gasteiger partial charge in [0, 0.05) is 26.1 Å². The Labute approximate surface area is 180 Å². The number of nitrogens with one attached hydrogen (secondary N) is 2. The van der Waals surface area contributed by atoms with E-state index in [1.807, 2.05) is 0 Å². The zero-order valence-electron chi connectivity index (χ0n) is 17.0. The van der Waals surface area contributed by atoms with Gasteiger partial charge in [0.05, 0.1) is 23.1 Å². The van der Waals surface area contributed by atoms with Gasteiger partial charge >= 0.3 is 0 Å². The number of amides is 3. The second kappa shape index (κ2) is 9.71. The monoisotopic (exact) mass is 445 g/mol. The van der Waals surface area contributed by atoms with Crippen molar-refractivity contribution in [1.29, 1.82) is 0 Å². The van der Waals surface area contributed by atoms with Crippen LogP contribution in [-0.2, 0) is 14.8 Å². The molecule has 0 aromatic heterocycles. The Morgan fingerprint density at radius 3 is 2.16 bits per heavy atom. The van der Waals surface area contributed by atoms with Gasteiger partial charge in [0.2, 0.25) is 15.9 Å². The summed E-state index contributed by atoms with van der Waals surface area (Å²) in [5, 5.41) is 2.62. The predicted molar refractivity (Wildman–Crippen MR) is 112 cm³/mol. The van der Waals surface area contributed by atoms with Crippen molar-refractivity contribution in [2.24, 2.45) is 0 Å². The van der Waals surface area contributed by atoms with E-state index < -0.39 is 10.0 Å². The van der Waals surface area contributed by atoms with Gasteiger partial charge in [-0.05, 0) is 42.8 Å². The number of nitrogens with zero attached hydrogens (tertiary/aromatic N) is 1. The molecule has 31 heavy (non-hydrogen) atoms. The summed E-state index contributed by atoms with van der Waals surface area (Å²) in [6.07, 6.45) is 0.424. The third kappa shape index (κ3) is 5.28. The van der Waals surface area contributed by atoms with Crippen LogP contribution in [0.1, 0.15) is 33.6 Å². The van der Waals surface area contributed by atoms with E-state index in [0.29, 0.717) is 23.3 Å². The lowest BCUT2D eigenvalue weighted by atomic mass is 10.1. The highest BCUT2D eigenvalue weighted by molar-refractivity contribution is 7.89. The minimum atomic E-state index is -3.69. The van der Waals surface area contributed by atoms with Gasteiger partial charge in [0.1, 0.15) is 5.75 Å². The Bertz CT molecular complexity index is 1050. The zero-order chi connectivity index (χ0) is 22.4. The summed E-state index contributed by atoms with van der Waals surface area (Å²) in [5.41, 5.74) is 0.752. The molecule has 0 aliphatic carbocycles. The van der Waals surface area contributed by atoms with Crippen LogP contribution in [0.15, 0.2) is 53.4 Å². The van der Waals surface area contributed by atoms with E-state index in [0.717, 1.165) is 4.90 Å². The summed E-state index contributed by atoms with van der Waals surface area (Å²) >= 11 is 0. The first-order valence-corrected chi connectivity index (χ1v) is 11.2. The van der Waals surface area contributed by atoms with Crippen LogP contribution in [0.4, 0.5) is 0 Å². The fraction of sp³-hybridized carbons (Fsp3) is 0.286. The third-order valence-electron chi connectivity index (χ3n) is 4.77. The normalized spacial score (nSPS) is 13.3. The predicted octanol–water partition coefficient (Wildman–Crippen LogP) is 1.17. The molecule has 1 heterocycles. The first-order chi connectivity index (χ1) is 14.8. The molecule has 0 bridgehead atoms. The molecule has 2 aromatic rings. The fourth-order valence-electron chi connectivity index (χ4n) is 3.15. The third-order valence-corrected chi connectivity index (χ3v) is 6.25. The highest BCUT2D eigenvalue weighted by Crippen LogP contribution is 2.22. The lowest BCUT2D eigenvalue weighted by molar-refractivity contribution is -0.121. The van der Waals surface area contributed by atoms with Gasteiger partial charge in [0.15, 0.2) is 0 Å². The molecule has 2 N–H and O–H groups in total. The highest BCUT2D eigenvalue weighted by atomic mass is 32.2. The Hall–Kier alpha value is -3.24. The SMILES string of the molecule is COc1ccc(S(=O)(=O)NCCNC(=O)CCCN2C(=O)c3ccccc3C2=O)cc1. The molecule has 9 nitrogen and oxygen atoms in total. The summed E-state index contributed by atoms with van der Waals surface area (Å²) < 4.78 is 31.8. The lowest BCUT2D eigenvalue weighted by Crippen LogP contribution is -2.35. The van der Waals surface area contributed by atoms with Gasteiger partial charge in [-0.2, -0.15) is 0 Å². The van der Waals surface area contributed by atoms with Gasteiger partial charge in [-0.1, -0.05) is 12.1 Å². The van der Waals surface area contributed by atoms with Crippen LogP contribution in [0.25, 0.3) is 0 Å². The molecular formula is C21H23N3O6S. The number of sulfonamides is 1. The van der Waals surface area contributed by atoms with Crippen molar-refractivity contribution in [1.82, 2.24) is 14.9 Å². The topological polar surface area (TPSA) is 122 Å². The molecule has 164 valence electrons. The first kappa shape index (κ1) is 22.4. The average Bonchev–Trinajstić information content (AvgIpc) is 3.02. The van der Waals surface area contributed by atoms with E-state index in [9.17, 15) is 22.8 Å². The molecule has 3 rings (SSSR count). The molecule has 0 radical (unpaired) electrons. The molecule has 0 atom stereocenters. The summed E-state index contributed by atoms with van der Waals surface area (Å²) in [5.74, 6) is -0.449. The molecule has 3 amide bonds. The Balaban J connectivity index is 1.37. The van der Waals surface area contributed by atoms with Crippen molar-refractivity contribution < 1.29 is 27.5 Å². The Kier molecular flexibility index (Phi) is 7.03. The molecular weight excluding hydrogens is 422 g/mol. The molecule has 1 aliphatic rings. The number of hydrogen-bond acceptors (Lipinski definition) is 6. The van der Waals surface area contributed by atoms with Gasteiger partial charge in [-0.15, -0.1) is 0 Å². The van der Waals surface area contributed by atoms with Crippen molar-refractivity contribution >= 4 is 27.7 Å². The minimum Gasteiger partial charge on any atom is -0.497 e. The first-order valence-electron chi connectivity index (χ1n) is 9.69. The number of hydrogen-bond donors (Lipinski definition) is 2. The van der Waals surface area contributed by atoms with Gasteiger partial charge in [-0.25, -0.2) is 13.1 Å². The van der Waals surface area contributed by atoms with Gasteiger partial charge < -0.3 is 10.1 Å². The molecule has 0 unspecified atom stereocenters. The molecule has 10 heteroatoms. The number of benzene rings is 2. The number of carbonyl (C=O) groups is 3. The molecule has 0 fully saturated rings. The second-order valence-electron chi connectivity index (χ2n) is 6.83. The Morgan fingerprint density at radius 2 is 1.58 bits per heavy atom. The van der Waals surface area contributed by atoms with Crippen LogP contribution in [0.3, 0.4) is 0 Å². The minimum absolute atomic E-state index is 0.0263. The number of ether oxygens (including phenoxy) is 1. The zero-order valence-corrected chi connectivity index (χ0v) is 17.8. The van der Waals surface area contributed by atoms with Crippen LogP contribution in [0, 0.1) is 0 Å². The maximum Gasteiger partial charge on any atom is 0.261 e. The van der Waals surface area contributed by atoms with Crippen LogP contribution in [0.2, 0.25) is 0 Å². The van der Waals surface area contributed by atoms with Crippen LogP contribution < -0.4 is 14.8 Å². The van der Waals surface area contributed by atoms with Crippen molar-refractivity contribution in [2.45, 2.75) is 17.7 Å². The molecule has 1 aliphatic heterocycles. The maximum absolute atomic E-state index is 12.3. The molecule has 0 saturated heterocycles. The standard InChI is InChI=1S/C21H23N3O6S/c1-30-15-8-10-16(11-9-15)31(28,29)23-13-12-22-19(25)7-4-14-24-20(26)17-5-2-3-6-18(17)21(24)27/h2-3,5-6,8-11,23H,4,7,12-14H2,1H3,(H,22,25). The van der Waals surface area contributed by atoms with Crippen molar-refractivity contribution in [2.75, 3.05) is 26.7 Å². The number of carbonyl (C=O) groups excluding carboxylic acids is 3. The van der Waals surface area contributed by atoms with Crippen molar-refractivity contribution in [3.05, 3.63) is 59.7 Å². The van der Waals surface area contributed by atoms with Crippen LogP contribution in [-0.4, -0.2) is 57.8 Å². The summed E-state index contributed by atoms with van der Waals surface area (Å²) in [4.78, 5) is 37.8. The van der Waals surface area contributed by atoms with Crippen LogP contribution >= 0.6 is 0 Å². The van der Waals surface area contributed by atoms with Gasteiger partial charge in [0.25, 0.3) is 11.8 Å². The number of fused-ring (bicyclic) bond motifs is 1.